The first kappa shape index (κ1) is 18.8. The van der Waals surface area contributed by atoms with Crippen LogP contribution in [0.2, 0.25) is 0 Å². The molecular weight excluding hydrogens is 368 g/mol. The molecule has 3 rings (SSSR count). The highest BCUT2D eigenvalue weighted by molar-refractivity contribution is 8.00. The van der Waals surface area contributed by atoms with Crippen LogP contribution in [-0.2, 0) is 4.79 Å². The summed E-state index contributed by atoms with van der Waals surface area (Å²) in [7, 11) is 0. The minimum absolute atomic E-state index is 0.0298. The molecule has 0 spiro atoms. The standard InChI is InChI=1S/C17H18N6O3S/c1-9-10(2)18-16-20-17(21-22(16)11(9)3)27-12(4)15(24)19-13-5-7-14(8-6-13)23(25)26/h5-8,12H,1-4H3,(H,19,24). The van der Waals surface area contributed by atoms with E-state index in [1.807, 2.05) is 20.8 Å². The molecule has 1 atom stereocenters. The number of nitro groups is 1. The Balaban J connectivity index is 1.71. The highest BCUT2D eigenvalue weighted by atomic mass is 32.2. The van der Waals surface area contributed by atoms with Gasteiger partial charge < -0.3 is 5.32 Å². The molecule has 27 heavy (non-hydrogen) atoms. The maximum atomic E-state index is 12.4. The number of hydrogen-bond donors (Lipinski definition) is 1. The number of aromatic nitrogens is 4. The number of hydrogen-bond acceptors (Lipinski definition) is 7. The lowest BCUT2D eigenvalue weighted by Crippen LogP contribution is -2.22. The van der Waals surface area contributed by atoms with E-state index in [-0.39, 0.29) is 11.6 Å². The molecule has 0 saturated carbocycles. The normalized spacial score (nSPS) is 12.1. The van der Waals surface area contributed by atoms with Crippen molar-refractivity contribution in [2.45, 2.75) is 38.1 Å². The van der Waals surface area contributed by atoms with Gasteiger partial charge in [-0.15, -0.1) is 5.10 Å². The fourth-order valence-electron chi connectivity index (χ4n) is 2.41. The van der Waals surface area contributed by atoms with Gasteiger partial charge in [-0.25, -0.2) is 9.50 Å². The summed E-state index contributed by atoms with van der Waals surface area (Å²) in [5.74, 6) is 0.255. The quantitative estimate of drug-likeness (QED) is 0.407. The van der Waals surface area contributed by atoms with Gasteiger partial charge in [0.15, 0.2) is 0 Å². The van der Waals surface area contributed by atoms with Crippen LogP contribution in [0.1, 0.15) is 23.9 Å². The molecule has 0 aliphatic carbocycles. The number of nitro benzene ring substituents is 1. The van der Waals surface area contributed by atoms with Crippen molar-refractivity contribution in [3.8, 4) is 0 Å². The number of carbonyl (C=O) groups excluding carboxylic acids is 1. The first-order valence-electron chi connectivity index (χ1n) is 8.19. The number of aryl methyl sites for hydroxylation is 2. The SMILES string of the molecule is Cc1nc2nc(SC(C)C(=O)Nc3ccc([N+](=O)[O-])cc3)nn2c(C)c1C. The summed E-state index contributed by atoms with van der Waals surface area (Å²) in [6.07, 6.45) is 0. The van der Waals surface area contributed by atoms with E-state index in [1.54, 1.807) is 11.4 Å². The van der Waals surface area contributed by atoms with E-state index in [4.69, 9.17) is 0 Å². The maximum Gasteiger partial charge on any atom is 0.269 e. The number of carbonyl (C=O) groups is 1. The molecule has 1 N–H and O–H groups in total. The van der Waals surface area contributed by atoms with Crippen LogP contribution in [0.4, 0.5) is 11.4 Å². The molecule has 140 valence electrons. The molecule has 2 heterocycles. The molecule has 1 unspecified atom stereocenters. The molecule has 10 heteroatoms. The third-order valence-corrected chi connectivity index (χ3v) is 5.19. The summed E-state index contributed by atoms with van der Waals surface area (Å²) >= 11 is 1.22. The summed E-state index contributed by atoms with van der Waals surface area (Å²) in [6.45, 7) is 7.59. The minimum atomic E-state index is -0.487. The second-order valence-corrected chi connectivity index (χ2v) is 7.38. The van der Waals surface area contributed by atoms with Gasteiger partial charge in [0.1, 0.15) is 0 Å². The molecule has 0 saturated heterocycles. The maximum absolute atomic E-state index is 12.4. The Hall–Kier alpha value is -3.01. The van der Waals surface area contributed by atoms with Crippen LogP contribution in [0.5, 0.6) is 0 Å². The van der Waals surface area contributed by atoms with Crippen LogP contribution in [0, 0.1) is 30.9 Å². The fraction of sp³-hybridized carbons (Fsp3) is 0.294. The monoisotopic (exact) mass is 386 g/mol. The number of amides is 1. The van der Waals surface area contributed by atoms with Crippen molar-refractivity contribution in [2.75, 3.05) is 5.32 Å². The van der Waals surface area contributed by atoms with E-state index in [0.717, 1.165) is 17.0 Å². The molecule has 1 aromatic carbocycles. The second kappa shape index (κ2) is 7.31. The lowest BCUT2D eigenvalue weighted by molar-refractivity contribution is -0.384. The number of fused-ring (bicyclic) bond motifs is 1. The highest BCUT2D eigenvalue weighted by Crippen LogP contribution is 2.23. The molecule has 0 radical (unpaired) electrons. The van der Waals surface area contributed by atoms with Crippen molar-refractivity contribution in [1.82, 2.24) is 19.6 Å². The minimum Gasteiger partial charge on any atom is -0.325 e. The van der Waals surface area contributed by atoms with Crippen LogP contribution in [0.25, 0.3) is 5.78 Å². The van der Waals surface area contributed by atoms with E-state index in [2.05, 4.69) is 20.4 Å². The average Bonchev–Trinajstić information content (AvgIpc) is 3.02. The average molecular weight is 386 g/mol. The zero-order valence-corrected chi connectivity index (χ0v) is 16.1. The Morgan fingerprint density at radius 1 is 1.22 bits per heavy atom. The number of anilines is 1. The van der Waals surface area contributed by atoms with Crippen LogP contribution >= 0.6 is 11.8 Å². The van der Waals surface area contributed by atoms with Crippen LogP contribution < -0.4 is 5.32 Å². The smallest absolute Gasteiger partial charge is 0.269 e. The largest absolute Gasteiger partial charge is 0.325 e. The number of rotatable bonds is 5. The molecular formula is C17H18N6O3S. The lowest BCUT2D eigenvalue weighted by atomic mass is 10.2. The zero-order chi connectivity index (χ0) is 19.7. The van der Waals surface area contributed by atoms with Gasteiger partial charge in [0, 0.05) is 29.2 Å². The first-order valence-corrected chi connectivity index (χ1v) is 9.06. The zero-order valence-electron chi connectivity index (χ0n) is 15.3. The molecule has 0 fully saturated rings. The van der Waals surface area contributed by atoms with Gasteiger partial charge in [0.25, 0.3) is 11.5 Å². The van der Waals surface area contributed by atoms with Gasteiger partial charge in [-0.1, -0.05) is 11.8 Å². The predicted octanol–water partition coefficient (Wildman–Crippen LogP) is 3.08. The van der Waals surface area contributed by atoms with Crippen molar-refractivity contribution in [1.29, 1.82) is 0 Å². The van der Waals surface area contributed by atoms with Crippen LogP contribution in [0.3, 0.4) is 0 Å². The first-order chi connectivity index (χ1) is 12.8. The van der Waals surface area contributed by atoms with Crippen molar-refractivity contribution in [3.05, 3.63) is 51.3 Å². The van der Waals surface area contributed by atoms with Gasteiger partial charge in [-0.05, 0) is 45.4 Å². The van der Waals surface area contributed by atoms with Crippen molar-refractivity contribution >= 4 is 34.8 Å². The van der Waals surface area contributed by atoms with Gasteiger partial charge >= 0.3 is 0 Å². The highest BCUT2D eigenvalue weighted by Gasteiger charge is 2.19. The van der Waals surface area contributed by atoms with E-state index in [9.17, 15) is 14.9 Å². The second-order valence-electron chi connectivity index (χ2n) is 6.07. The van der Waals surface area contributed by atoms with Gasteiger partial charge in [0.2, 0.25) is 11.1 Å². The van der Waals surface area contributed by atoms with Crippen LogP contribution in [0.15, 0.2) is 29.4 Å². The molecule has 0 bridgehead atoms. The summed E-state index contributed by atoms with van der Waals surface area (Å²) in [5, 5.41) is 17.8. The Kier molecular flexibility index (Phi) is 5.08. The summed E-state index contributed by atoms with van der Waals surface area (Å²) < 4.78 is 1.67. The number of thioether (sulfide) groups is 1. The predicted molar refractivity (Wildman–Crippen MR) is 102 cm³/mol. The number of nitrogens with zero attached hydrogens (tertiary/aromatic N) is 5. The van der Waals surface area contributed by atoms with E-state index in [1.165, 1.54) is 36.0 Å². The molecule has 2 aromatic heterocycles. The van der Waals surface area contributed by atoms with Gasteiger partial charge in [-0.2, -0.15) is 4.98 Å². The molecule has 0 aliphatic heterocycles. The van der Waals surface area contributed by atoms with Crippen molar-refractivity contribution < 1.29 is 9.72 Å². The molecule has 9 nitrogen and oxygen atoms in total. The van der Waals surface area contributed by atoms with Crippen LogP contribution in [-0.4, -0.2) is 35.7 Å². The third kappa shape index (κ3) is 3.90. The Morgan fingerprint density at radius 3 is 2.52 bits per heavy atom. The molecule has 3 aromatic rings. The van der Waals surface area contributed by atoms with E-state index in [0.29, 0.717) is 16.6 Å². The number of nitrogens with one attached hydrogen (secondary N) is 1. The Labute approximate surface area is 159 Å². The Bertz CT molecular complexity index is 1030. The number of benzene rings is 1. The van der Waals surface area contributed by atoms with Gasteiger partial charge in [-0.3, -0.25) is 14.9 Å². The number of non-ortho nitro benzene ring substituents is 1. The summed E-state index contributed by atoms with van der Waals surface area (Å²) in [4.78, 5) is 31.4. The molecule has 0 aliphatic rings. The molecule has 1 amide bonds. The van der Waals surface area contributed by atoms with Gasteiger partial charge in [0.05, 0.1) is 10.2 Å². The summed E-state index contributed by atoms with van der Waals surface area (Å²) in [5.41, 5.74) is 3.36. The lowest BCUT2D eigenvalue weighted by Gasteiger charge is -2.09. The summed E-state index contributed by atoms with van der Waals surface area (Å²) in [6, 6.07) is 5.68. The third-order valence-electron chi connectivity index (χ3n) is 4.24. The topological polar surface area (TPSA) is 115 Å². The van der Waals surface area contributed by atoms with E-state index >= 15 is 0 Å². The Morgan fingerprint density at radius 2 is 1.89 bits per heavy atom. The van der Waals surface area contributed by atoms with Crippen molar-refractivity contribution in [3.63, 3.8) is 0 Å². The fourth-order valence-corrected chi connectivity index (χ4v) is 3.15. The van der Waals surface area contributed by atoms with E-state index < -0.39 is 10.2 Å². The van der Waals surface area contributed by atoms with Crippen molar-refractivity contribution in [2.24, 2.45) is 0 Å².